The van der Waals surface area contributed by atoms with Gasteiger partial charge in [-0.15, -0.1) is 0 Å². The summed E-state index contributed by atoms with van der Waals surface area (Å²) < 4.78 is 0. The van der Waals surface area contributed by atoms with Gasteiger partial charge in [-0.3, -0.25) is 10.1 Å². The van der Waals surface area contributed by atoms with Crippen molar-refractivity contribution in [2.24, 2.45) is 0 Å². The maximum absolute atomic E-state index is 11.0. The van der Waals surface area contributed by atoms with Crippen molar-refractivity contribution in [3.8, 4) is 0 Å². The number of benzene rings is 1. The Morgan fingerprint density at radius 2 is 2.05 bits per heavy atom. The number of anilines is 1. The van der Waals surface area contributed by atoms with Gasteiger partial charge in [-0.1, -0.05) is 29.8 Å². The van der Waals surface area contributed by atoms with Gasteiger partial charge < -0.3 is 5.32 Å². The second-order valence-electron chi connectivity index (χ2n) is 4.80. The number of aromatic nitrogens is 1. The van der Waals surface area contributed by atoms with E-state index < -0.39 is 4.92 Å². The summed E-state index contributed by atoms with van der Waals surface area (Å²) in [5, 5.41) is 14.0. The molecule has 0 aliphatic heterocycles. The molecular weight excluding hydrogens is 254 g/mol. The smallest absolute Gasteiger partial charge is 0.311 e. The van der Waals surface area contributed by atoms with Gasteiger partial charge in [0.25, 0.3) is 0 Å². The van der Waals surface area contributed by atoms with E-state index in [0.717, 1.165) is 12.0 Å². The quantitative estimate of drug-likeness (QED) is 0.669. The number of nitrogens with one attached hydrogen (secondary N) is 1. The van der Waals surface area contributed by atoms with Crippen LogP contribution in [-0.4, -0.2) is 16.5 Å². The topological polar surface area (TPSA) is 68.1 Å². The molecule has 20 heavy (non-hydrogen) atoms. The highest BCUT2D eigenvalue weighted by Crippen LogP contribution is 2.22. The first-order valence-electron chi connectivity index (χ1n) is 6.47. The normalized spacial score (nSPS) is 10.3. The van der Waals surface area contributed by atoms with Crippen molar-refractivity contribution >= 4 is 11.5 Å². The molecule has 0 radical (unpaired) electrons. The van der Waals surface area contributed by atoms with Crippen LogP contribution in [0.5, 0.6) is 0 Å². The number of hydrogen-bond acceptors (Lipinski definition) is 4. The van der Waals surface area contributed by atoms with Crippen molar-refractivity contribution < 1.29 is 4.92 Å². The zero-order valence-corrected chi connectivity index (χ0v) is 11.6. The number of hydrogen-bond donors (Lipinski definition) is 1. The summed E-state index contributed by atoms with van der Waals surface area (Å²) in [5.74, 6) is 0.327. The van der Waals surface area contributed by atoms with E-state index in [9.17, 15) is 10.1 Å². The molecule has 0 unspecified atom stereocenters. The number of pyridine rings is 1. The number of nitro groups is 1. The summed E-state index contributed by atoms with van der Waals surface area (Å²) in [7, 11) is 0. The fraction of sp³-hybridized carbons (Fsp3) is 0.267. The van der Waals surface area contributed by atoms with Gasteiger partial charge in [0, 0.05) is 18.8 Å². The number of aryl methyl sites for hydroxylation is 2. The summed E-state index contributed by atoms with van der Waals surface area (Å²) in [6.45, 7) is 4.44. The lowest BCUT2D eigenvalue weighted by molar-refractivity contribution is -0.384. The van der Waals surface area contributed by atoms with E-state index >= 15 is 0 Å². The highest BCUT2D eigenvalue weighted by atomic mass is 16.6. The van der Waals surface area contributed by atoms with Crippen LogP contribution in [0.3, 0.4) is 0 Å². The molecule has 0 saturated carbocycles. The summed E-state index contributed by atoms with van der Waals surface area (Å²) in [4.78, 5) is 14.7. The molecule has 0 atom stereocenters. The van der Waals surface area contributed by atoms with E-state index in [4.69, 9.17) is 0 Å². The Balaban J connectivity index is 2.02. The lowest BCUT2D eigenvalue weighted by Gasteiger charge is -2.07. The van der Waals surface area contributed by atoms with Crippen LogP contribution in [0, 0.1) is 24.0 Å². The average Bonchev–Trinajstić information content (AvgIpc) is 2.40. The van der Waals surface area contributed by atoms with Crippen LogP contribution in [0.25, 0.3) is 0 Å². The Bertz CT molecular complexity index is 626. The van der Waals surface area contributed by atoms with Crippen LogP contribution in [-0.2, 0) is 6.42 Å². The van der Waals surface area contributed by atoms with Gasteiger partial charge in [0.2, 0.25) is 5.82 Å². The van der Waals surface area contributed by atoms with E-state index in [2.05, 4.69) is 16.4 Å². The molecule has 0 aliphatic rings. The Labute approximate surface area is 117 Å². The molecule has 1 N–H and O–H groups in total. The monoisotopic (exact) mass is 271 g/mol. The number of rotatable bonds is 5. The fourth-order valence-corrected chi connectivity index (χ4v) is 2.02. The average molecular weight is 271 g/mol. The van der Waals surface area contributed by atoms with Crippen LogP contribution in [0.4, 0.5) is 11.5 Å². The summed E-state index contributed by atoms with van der Waals surface area (Å²) in [6.07, 6.45) is 2.43. The molecule has 0 spiro atoms. The Kier molecular flexibility index (Phi) is 4.30. The van der Waals surface area contributed by atoms with Gasteiger partial charge in [-0.05, 0) is 31.4 Å². The minimum Gasteiger partial charge on any atom is -0.364 e. The molecule has 0 aliphatic carbocycles. The molecule has 1 aromatic carbocycles. The second-order valence-corrected chi connectivity index (χ2v) is 4.80. The van der Waals surface area contributed by atoms with Crippen LogP contribution in [0.2, 0.25) is 0 Å². The predicted octanol–water partition coefficient (Wildman–Crippen LogP) is 3.26. The zero-order chi connectivity index (χ0) is 14.5. The van der Waals surface area contributed by atoms with Crippen molar-refractivity contribution in [2.45, 2.75) is 20.3 Å². The van der Waals surface area contributed by atoms with Crippen LogP contribution >= 0.6 is 0 Å². The maximum atomic E-state index is 11.0. The third-order valence-electron chi connectivity index (χ3n) is 2.99. The summed E-state index contributed by atoms with van der Waals surface area (Å²) >= 11 is 0. The van der Waals surface area contributed by atoms with E-state index in [1.165, 1.54) is 17.2 Å². The highest BCUT2D eigenvalue weighted by molar-refractivity contribution is 5.56. The minimum absolute atomic E-state index is 0.0224. The van der Waals surface area contributed by atoms with E-state index in [1.54, 1.807) is 13.1 Å². The SMILES string of the molecule is Cc1cccc(CCNc2ncc(C)cc2[N+](=O)[O-])c1. The highest BCUT2D eigenvalue weighted by Gasteiger charge is 2.14. The maximum Gasteiger partial charge on any atom is 0.311 e. The van der Waals surface area contributed by atoms with Crippen LogP contribution in [0.1, 0.15) is 16.7 Å². The molecule has 1 heterocycles. The molecule has 5 heteroatoms. The molecule has 5 nitrogen and oxygen atoms in total. The molecule has 0 amide bonds. The Hall–Kier alpha value is -2.43. The van der Waals surface area contributed by atoms with Crippen molar-refractivity contribution in [1.29, 1.82) is 0 Å². The standard InChI is InChI=1S/C15H17N3O2/c1-11-4-3-5-13(8-11)6-7-16-15-14(18(19)20)9-12(2)10-17-15/h3-5,8-10H,6-7H2,1-2H3,(H,16,17). The first-order valence-corrected chi connectivity index (χ1v) is 6.47. The van der Waals surface area contributed by atoms with Crippen LogP contribution in [0.15, 0.2) is 36.5 Å². The van der Waals surface area contributed by atoms with Gasteiger partial charge >= 0.3 is 5.69 Å². The lowest BCUT2D eigenvalue weighted by atomic mass is 10.1. The molecule has 0 saturated heterocycles. The largest absolute Gasteiger partial charge is 0.364 e. The van der Waals surface area contributed by atoms with Gasteiger partial charge in [0.1, 0.15) is 0 Å². The number of nitrogens with zero attached hydrogens (tertiary/aromatic N) is 2. The van der Waals surface area contributed by atoms with E-state index in [1.807, 2.05) is 25.1 Å². The first kappa shape index (κ1) is 14.0. The third kappa shape index (κ3) is 3.54. The third-order valence-corrected chi connectivity index (χ3v) is 2.99. The van der Waals surface area contributed by atoms with E-state index in [-0.39, 0.29) is 5.69 Å². The molecule has 1 aromatic heterocycles. The van der Waals surface area contributed by atoms with Gasteiger partial charge in [0.15, 0.2) is 0 Å². The van der Waals surface area contributed by atoms with Crippen molar-refractivity contribution in [3.63, 3.8) is 0 Å². The van der Waals surface area contributed by atoms with Gasteiger partial charge in [-0.2, -0.15) is 0 Å². The molecule has 104 valence electrons. The van der Waals surface area contributed by atoms with Gasteiger partial charge in [0.05, 0.1) is 4.92 Å². The van der Waals surface area contributed by atoms with Crippen molar-refractivity contribution in [1.82, 2.24) is 4.98 Å². The van der Waals surface area contributed by atoms with Crippen molar-refractivity contribution in [3.05, 3.63) is 63.3 Å². The van der Waals surface area contributed by atoms with Gasteiger partial charge in [-0.25, -0.2) is 4.98 Å². The van der Waals surface area contributed by atoms with Crippen LogP contribution < -0.4 is 5.32 Å². The molecular formula is C15H17N3O2. The molecule has 2 aromatic rings. The molecule has 0 bridgehead atoms. The molecule has 2 rings (SSSR count). The summed E-state index contributed by atoms with van der Waals surface area (Å²) in [6, 6.07) is 9.74. The zero-order valence-electron chi connectivity index (χ0n) is 11.6. The van der Waals surface area contributed by atoms with E-state index in [0.29, 0.717) is 12.4 Å². The van der Waals surface area contributed by atoms with Crippen molar-refractivity contribution in [2.75, 3.05) is 11.9 Å². The fourth-order valence-electron chi connectivity index (χ4n) is 2.02. The first-order chi connectivity index (χ1) is 9.56. The Morgan fingerprint density at radius 3 is 2.75 bits per heavy atom. The Morgan fingerprint density at radius 1 is 1.25 bits per heavy atom. The minimum atomic E-state index is -0.408. The second kappa shape index (κ2) is 6.14. The molecule has 0 fully saturated rings. The predicted molar refractivity (Wildman–Crippen MR) is 79.0 cm³/mol. The summed E-state index contributed by atoms with van der Waals surface area (Å²) in [5.41, 5.74) is 3.21. The lowest BCUT2D eigenvalue weighted by Crippen LogP contribution is -2.08.